The van der Waals surface area contributed by atoms with Gasteiger partial charge in [0.25, 0.3) is 0 Å². The van der Waals surface area contributed by atoms with Crippen molar-refractivity contribution in [3.8, 4) is 11.1 Å². The molecule has 2 aromatic carbocycles. The van der Waals surface area contributed by atoms with Gasteiger partial charge in [0.05, 0.1) is 0 Å². The van der Waals surface area contributed by atoms with Gasteiger partial charge < -0.3 is 0 Å². The quantitative estimate of drug-likeness (QED) is 0.527. The summed E-state index contributed by atoms with van der Waals surface area (Å²) in [5.41, 5.74) is 2.35. The van der Waals surface area contributed by atoms with E-state index in [2.05, 4.69) is 90.4 Å². The fourth-order valence-electron chi connectivity index (χ4n) is 3.55. The molecule has 0 unspecified atom stereocenters. The number of benzene rings is 2. The second kappa shape index (κ2) is 7.06. The van der Waals surface area contributed by atoms with Crippen LogP contribution >= 0.6 is 0 Å². The zero-order valence-corrected chi connectivity index (χ0v) is 15.7. The lowest BCUT2D eigenvalue weighted by molar-refractivity contribution is 1.32. The van der Waals surface area contributed by atoms with Crippen molar-refractivity contribution in [2.24, 2.45) is 0 Å². The molecule has 0 aliphatic carbocycles. The minimum atomic E-state index is -2.24. The molecule has 4 rings (SSSR count). The smallest absolute Gasteiger partial charge is 0.169 e. The van der Waals surface area contributed by atoms with Gasteiger partial charge in [-0.1, -0.05) is 73.3 Å². The molecule has 0 atom stereocenters. The molecule has 0 spiro atoms. The van der Waals surface area contributed by atoms with Gasteiger partial charge in [-0.05, 0) is 39.7 Å². The highest BCUT2D eigenvalue weighted by Crippen LogP contribution is 2.19. The molecule has 0 saturated carbocycles. The van der Waals surface area contributed by atoms with E-state index in [0.717, 1.165) is 5.56 Å². The highest BCUT2D eigenvalue weighted by molar-refractivity contribution is 7.10. The van der Waals surface area contributed by atoms with Crippen molar-refractivity contribution in [2.45, 2.75) is 6.55 Å². The van der Waals surface area contributed by atoms with E-state index in [1.54, 1.807) is 0 Å². The first-order valence-electron chi connectivity index (χ1n) is 8.77. The summed E-state index contributed by atoms with van der Waals surface area (Å²) in [4.78, 5) is 9.09. The first kappa shape index (κ1) is 16.4. The summed E-state index contributed by atoms with van der Waals surface area (Å²) >= 11 is 0. The van der Waals surface area contributed by atoms with Crippen LogP contribution in [0.1, 0.15) is 0 Å². The van der Waals surface area contributed by atoms with E-state index in [0.29, 0.717) is 0 Å². The maximum Gasteiger partial charge on any atom is 0.169 e. The summed E-state index contributed by atoms with van der Waals surface area (Å²) in [5, 5.41) is 3.91. The van der Waals surface area contributed by atoms with Crippen LogP contribution in [0.2, 0.25) is 6.55 Å². The van der Waals surface area contributed by atoms with Gasteiger partial charge in [0.15, 0.2) is 8.07 Å². The molecule has 3 heteroatoms. The fraction of sp³-hybridized carbons (Fsp3) is 0.0435. The van der Waals surface area contributed by atoms with Gasteiger partial charge in [-0.25, -0.2) is 0 Å². The van der Waals surface area contributed by atoms with Gasteiger partial charge in [0.1, 0.15) is 0 Å². The molecule has 0 radical (unpaired) electrons. The zero-order chi connectivity index (χ0) is 17.8. The van der Waals surface area contributed by atoms with Gasteiger partial charge in [-0.3, -0.25) is 9.97 Å². The van der Waals surface area contributed by atoms with E-state index < -0.39 is 8.07 Å². The number of pyridine rings is 2. The molecule has 126 valence electrons. The first-order chi connectivity index (χ1) is 12.8. The monoisotopic (exact) mass is 352 g/mol. The zero-order valence-electron chi connectivity index (χ0n) is 14.7. The van der Waals surface area contributed by atoms with E-state index in [1.165, 1.54) is 21.3 Å². The number of rotatable bonds is 4. The molecule has 0 N–H and O–H groups in total. The van der Waals surface area contributed by atoms with Crippen molar-refractivity contribution in [3.63, 3.8) is 0 Å². The highest BCUT2D eigenvalue weighted by Gasteiger charge is 2.37. The van der Waals surface area contributed by atoms with Crippen molar-refractivity contribution < 1.29 is 0 Å². The fourth-order valence-corrected chi connectivity index (χ4v) is 7.25. The predicted octanol–water partition coefficient (Wildman–Crippen LogP) is 3.24. The Balaban J connectivity index is 2.01. The van der Waals surface area contributed by atoms with Gasteiger partial charge in [0, 0.05) is 23.9 Å². The van der Waals surface area contributed by atoms with Crippen molar-refractivity contribution in [1.82, 2.24) is 9.97 Å². The SMILES string of the molecule is C[Si](c1ccccc1)(c1ccccc1)c1ncccc1-c1ccncc1. The van der Waals surface area contributed by atoms with Crippen LogP contribution in [0.25, 0.3) is 11.1 Å². The molecular weight excluding hydrogens is 332 g/mol. The molecule has 26 heavy (non-hydrogen) atoms. The summed E-state index contributed by atoms with van der Waals surface area (Å²) in [5.74, 6) is 0. The Bertz CT molecular complexity index is 947. The van der Waals surface area contributed by atoms with Gasteiger partial charge >= 0.3 is 0 Å². The van der Waals surface area contributed by atoms with Crippen LogP contribution in [-0.2, 0) is 0 Å². The minimum Gasteiger partial charge on any atom is -0.265 e. The van der Waals surface area contributed by atoms with Crippen LogP contribution in [0.4, 0.5) is 0 Å². The van der Waals surface area contributed by atoms with Crippen LogP contribution < -0.4 is 15.7 Å². The minimum absolute atomic E-state index is 1.16. The van der Waals surface area contributed by atoms with Crippen LogP contribution in [0.15, 0.2) is 104 Å². The Labute approximate surface area is 155 Å². The van der Waals surface area contributed by atoms with Gasteiger partial charge in [-0.15, -0.1) is 0 Å². The Morgan fingerprint density at radius 2 is 1.19 bits per heavy atom. The molecular formula is C23H20N2Si. The lowest BCUT2D eigenvalue weighted by Gasteiger charge is -2.30. The first-order valence-corrected chi connectivity index (χ1v) is 11.3. The lowest BCUT2D eigenvalue weighted by Crippen LogP contribution is -2.66. The van der Waals surface area contributed by atoms with Crippen LogP contribution in [-0.4, -0.2) is 18.0 Å². The summed E-state index contributed by atoms with van der Waals surface area (Å²) in [6.45, 7) is 2.39. The number of hydrogen-bond donors (Lipinski definition) is 0. The standard InChI is InChI=1S/C23H20N2Si/c1-26(20-9-4-2-5-10-20,21-11-6-3-7-12-21)23-22(13-8-16-25-23)19-14-17-24-18-15-19/h2-18H,1H3. The van der Waals surface area contributed by atoms with E-state index >= 15 is 0 Å². The molecule has 2 aromatic heterocycles. The number of aromatic nitrogens is 2. The van der Waals surface area contributed by atoms with Gasteiger partial charge in [0.2, 0.25) is 0 Å². The van der Waals surface area contributed by atoms with Crippen LogP contribution in [0.5, 0.6) is 0 Å². The third kappa shape index (κ3) is 2.87. The van der Waals surface area contributed by atoms with Crippen LogP contribution in [0.3, 0.4) is 0 Å². The highest BCUT2D eigenvalue weighted by atomic mass is 28.3. The molecule has 4 aromatic rings. The maximum absolute atomic E-state index is 4.92. The second-order valence-electron chi connectivity index (χ2n) is 6.49. The second-order valence-corrected chi connectivity index (χ2v) is 10.4. The lowest BCUT2D eigenvalue weighted by atomic mass is 10.1. The maximum atomic E-state index is 4.92. The molecule has 2 heterocycles. The Morgan fingerprint density at radius 3 is 1.77 bits per heavy atom. The van der Waals surface area contributed by atoms with Crippen molar-refractivity contribution in [3.05, 3.63) is 104 Å². The summed E-state index contributed by atoms with van der Waals surface area (Å²) < 4.78 is 0. The molecule has 0 saturated heterocycles. The molecule has 0 aliphatic heterocycles. The molecule has 0 aliphatic rings. The van der Waals surface area contributed by atoms with Crippen molar-refractivity contribution in [2.75, 3.05) is 0 Å². The van der Waals surface area contributed by atoms with Gasteiger partial charge in [-0.2, -0.15) is 0 Å². The van der Waals surface area contributed by atoms with E-state index in [4.69, 9.17) is 4.98 Å². The Hall–Kier alpha value is -3.04. The summed E-state index contributed by atoms with van der Waals surface area (Å²) in [6, 6.07) is 29.9. The average Bonchev–Trinajstić information content (AvgIpc) is 2.75. The molecule has 0 amide bonds. The average molecular weight is 353 g/mol. The predicted molar refractivity (Wildman–Crippen MR) is 111 cm³/mol. The van der Waals surface area contributed by atoms with Crippen LogP contribution in [0, 0.1) is 0 Å². The van der Waals surface area contributed by atoms with Crippen molar-refractivity contribution >= 4 is 23.8 Å². The Morgan fingerprint density at radius 1 is 0.615 bits per heavy atom. The normalized spacial score (nSPS) is 11.3. The third-order valence-electron chi connectivity index (χ3n) is 4.97. The van der Waals surface area contributed by atoms with E-state index in [9.17, 15) is 0 Å². The topological polar surface area (TPSA) is 25.8 Å². The summed E-state index contributed by atoms with van der Waals surface area (Å²) in [6.07, 6.45) is 5.60. The third-order valence-corrected chi connectivity index (χ3v) is 9.30. The van der Waals surface area contributed by atoms with E-state index in [1.807, 2.05) is 24.7 Å². The van der Waals surface area contributed by atoms with Crippen molar-refractivity contribution in [1.29, 1.82) is 0 Å². The molecule has 2 nitrogen and oxygen atoms in total. The molecule has 0 bridgehead atoms. The number of hydrogen-bond acceptors (Lipinski definition) is 2. The van der Waals surface area contributed by atoms with E-state index in [-0.39, 0.29) is 0 Å². The summed E-state index contributed by atoms with van der Waals surface area (Å²) in [7, 11) is -2.24. The number of nitrogens with zero attached hydrogens (tertiary/aromatic N) is 2. The Kier molecular flexibility index (Phi) is 4.46. The molecule has 0 fully saturated rings. The largest absolute Gasteiger partial charge is 0.265 e.